The quantitative estimate of drug-likeness (QED) is 0.433. The van der Waals surface area contributed by atoms with Gasteiger partial charge in [-0.2, -0.15) is 5.26 Å². The number of benzene rings is 1. The van der Waals surface area contributed by atoms with Crippen LogP contribution in [0.1, 0.15) is 43.0 Å². The van der Waals surface area contributed by atoms with Crippen molar-refractivity contribution in [2.75, 3.05) is 0 Å². The molecule has 3 aromatic heterocycles. The van der Waals surface area contributed by atoms with Crippen LogP contribution in [0.2, 0.25) is 0 Å². The van der Waals surface area contributed by atoms with E-state index in [0.29, 0.717) is 17.3 Å². The number of nitrogens with zero attached hydrogens (tertiary/aromatic N) is 4. The molecule has 1 aliphatic rings. The van der Waals surface area contributed by atoms with Crippen molar-refractivity contribution >= 4 is 10.9 Å². The molecule has 0 amide bonds. The summed E-state index contributed by atoms with van der Waals surface area (Å²) < 4.78 is 6.24. The number of aryl methyl sites for hydroxylation is 1. The summed E-state index contributed by atoms with van der Waals surface area (Å²) >= 11 is 0. The average Bonchev–Trinajstić information content (AvgIpc) is 3.42. The topological polar surface area (TPSA) is 75.6 Å². The lowest BCUT2D eigenvalue weighted by Crippen LogP contribution is -1.98. The minimum Gasteiger partial charge on any atom is -0.440 e. The van der Waals surface area contributed by atoms with Crippen LogP contribution in [-0.4, -0.2) is 15.0 Å². The Bertz CT molecular complexity index is 1260. The van der Waals surface area contributed by atoms with Crippen molar-refractivity contribution in [3.63, 3.8) is 0 Å². The van der Waals surface area contributed by atoms with Crippen LogP contribution in [0.3, 0.4) is 0 Å². The molecule has 1 aromatic carbocycles. The lowest BCUT2D eigenvalue weighted by atomic mass is 10.0. The molecule has 30 heavy (non-hydrogen) atoms. The average molecular weight is 394 g/mol. The summed E-state index contributed by atoms with van der Waals surface area (Å²) in [4.78, 5) is 13.8. The van der Waals surface area contributed by atoms with E-state index in [1.165, 1.54) is 25.7 Å². The van der Waals surface area contributed by atoms with Crippen molar-refractivity contribution in [2.45, 2.75) is 39.0 Å². The van der Waals surface area contributed by atoms with E-state index in [1.54, 1.807) is 12.3 Å². The highest BCUT2D eigenvalue weighted by molar-refractivity contribution is 5.87. The van der Waals surface area contributed by atoms with E-state index >= 15 is 0 Å². The summed E-state index contributed by atoms with van der Waals surface area (Å²) in [7, 11) is 0. The van der Waals surface area contributed by atoms with Gasteiger partial charge >= 0.3 is 0 Å². The standard InChI is InChI=1S/C25H22N4O/c1-16-25(30-23(28-16)13-17-5-2-3-6-17)21-11-10-20(15-26)29-24(21)19-9-8-18-7-4-12-27-22(18)14-19/h4,7-12,14,17H,2-3,5-6,13H2,1H3. The Morgan fingerprint density at radius 1 is 1.10 bits per heavy atom. The van der Waals surface area contributed by atoms with Crippen molar-refractivity contribution in [3.8, 4) is 28.7 Å². The predicted octanol–water partition coefficient (Wildman–Crippen LogP) is 5.86. The second-order valence-electron chi connectivity index (χ2n) is 7.99. The van der Waals surface area contributed by atoms with Crippen LogP contribution in [0.5, 0.6) is 0 Å². The molecule has 0 bridgehead atoms. The highest BCUT2D eigenvalue weighted by atomic mass is 16.4. The van der Waals surface area contributed by atoms with E-state index in [0.717, 1.165) is 45.8 Å². The van der Waals surface area contributed by atoms with Gasteiger partial charge in [-0.05, 0) is 49.9 Å². The largest absolute Gasteiger partial charge is 0.440 e. The Balaban J connectivity index is 1.60. The van der Waals surface area contributed by atoms with Gasteiger partial charge in [0.25, 0.3) is 0 Å². The number of rotatable bonds is 4. The van der Waals surface area contributed by atoms with Crippen molar-refractivity contribution in [2.24, 2.45) is 5.92 Å². The molecule has 0 N–H and O–H groups in total. The van der Waals surface area contributed by atoms with Gasteiger partial charge in [-0.3, -0.25) is 4.98 Å². The third-order valence-corrected chi connectivity index (χ3v) is 5.91. The Morgan fingerprint density at radius 3 is 2.80 bits per heavy atom. The zero-order valence-electron chi connectivity index (χ0n) is 16.9. The number of hydrogen-bond acceptors (Lipinski definition) is 5. The fourth-order valence-electron chi connectivity index (χ4n) is 4.39. The Hall–Kier alpha value is -3.52. The SMILES string of the molecule is Cc1nc(CC2CCCC2)oc1-c1ccc(C#N)nc1-c1ccc2cccnc2c1. The lowest BCUT2D eigenvalue weighted by Gasteiger charge is -2.09. The highest BCUT2D eigenvalue weighted by Crippen LogP contribution is 2.36. The minimum atomic E-state index is 0.373. The number of fused-ring (bicyclic) bond motifs is 1. The van der Waals surface area contributed by atoms with Crippen LogP contribution in [0, 0.1) is 24.2 Å². The molecule has 1 fully saturated rings. The number of aromatic nitrogens is 3. The summed E-state index contributed by atoms with van der Waals surface area (Å²) in [6, 6.07) is 15.8. The van der Waals surface area contributed by atoms with Crippen molar-refractivity contribution in [1.82, 2.24) is 15.0 Å². The molecule has 5 rings (SSSR count). The van der Waals surface area contributed by atoms with E-state index in [-0.39, 0.29) is 0 Å². The van der Waals surface area contributed by atoms with Crippen LogP contribution >= 0.6 is 0 Å². The third-order valence-electron chi connectivity index (χ3n) is 5.91. The molecule has 1 saturated carbocycles. The van der Waals surface area contributed by atoms with Crippen LogP contribution < -0.4 is 0 Å². The van der Waals surface area contributed by atoms with Crippen LogP contribution in [0.25, 0.3) is 33.5 Å². The van der Waals surface area contributed by atoms with Crippen molar-refractivity contribution < 1.29 is 4.42 Å². The maximum Gasteiger partial charge on any atom is 0.195 e. The second kappa shape index (κ2) is 7.72. The normalized spacial score (nSPS) is 14.3. The Labute approximate surface area is 175 Å². The molecule has 4 aromatic rings. The first-order chi connectivity index (χ1) is 14.7. The van der Waals surface area contributed by atoms with Gasteiger partial charge < -0.3 is 4.42 Å². The van der Waals surface area contributed by atoms with Gasteiger partial charge in [-0.25, -0.2) is 9.97 Å². The zero-order valence-corrected chi connectivity index (χ0v) is 16.9. The maximum absolute atomic E-state index is 9.40. The smallest absolute Gasteiger partial charge is 0.195 e. The lowest BCUT2D eigenvalue weighted by molar-refractivity contribution is 0.437. The van der Waals surface area contributed by atoms with E-state index in [1.807, 2.05) is 43.3 Å². The van der Waals surface area contributed by atoms with Gasteiger partial charge in [0.2, 0.25) is 0 Å². The van der Waals surface area contributed by atoms with Crippen molar-refractivity contribution in [1.29, 1.82) is 5.26 Å². The molecule has 0 saturated heterocycles. The zero-order chi connectivity index (χ0) is 20.5. The summed E-state index contributed by atoms with van der Waals surface area (Å²) in [5.41, 5.74) is 4.59. The molecule has 0 radical (unpaired) electrons. The molecular weight excluding hydrogens is 372 g/mol. The minimum absolute atomic E-state index is 0.373. The number of nitriles is 1. The summed E-state index contributed by atoms with van der Waals surface area (Å²) in [6.07, 6.45) is 7.78. The summed E-state index contributed by atoms with van der Waals surface area (Å²) in [5.74, 6) is 2.20. The summed E-state index contributed by atoms with van der Waals surface area (Å²) in [6.45, 7) is 1.97. The van der Waals surface area contributed by atoms with Crippen LogP contribution in [0.15, 0.2) is 53.1 Å². The highest BCUT2D eigenvalue weighted by Gasteiger charge is 2.22. The van der Waals surface area contributed by atoms with Crippen LogP contribution in [-0.2, 0) is 6.42 Å². The molecule has 0 aliphatic heterocycles. The number of hydrogen-bond donors (Lipinski definition) is 0. The van der Waals surface area contributed by atoms with Gasteiger partial charge in [0.05, 0.1) is 16.9 Å². The molecule has 0 unspecified atom stereocenters. The first kappa shape index (κ1) is 18.5. The van der Waals surface area contributed by atoms with Crippen molar-refractivity contribution in [3.05, 3.63) is 65.9 Å². The fourth-order valence-corrected chi connectivity index (χ4v) is 4.39. The second-order valence-corrected chi connectivity index (χ2v) is 7.99. The molecule has 5 nitrogen and oxygen atoms in total. The fraction of sp³-hybridized carbons (Fsp3) is 0.280. The van der Waals surface area contributed by atoms with Gasteiger partial charge in [0.1, 0.15) is 11.8 Å². The molecular formula is C25H22N4O. The van der Waals surface area contributed by atoms with E-state index < -0.39 is 0 Å². The van der Waals surface area contributed by atoms with E-state index in [4.69, 9.17) is 9.40 Å². The first-order valence-electron chi connectivity index (χ1n) is 10.4. The Morgan fingerprint density at radius 2 is 1.97 bits per heavy atom. The van der Waals surface area contributed by atoms with Gasteiger partial charge in [-0.1, -0.05) is 31.0 Å². The Kier molecular flexibility index (Phi) is 4.76. The molecule has 1 aliphatic carbocycles. The maximum atomic E-state index is 9.40. The molecule has 0 spiro atoms. The molecule has 0 atom stereocenters. The number of oxazole rings is 1. The van der Waals surface area contributed by atoms with Gasteiger partial charge in [-0.15, -0.1) is 0 Å². The predicted molar refractivity (Wildman–Crippen MR) is 116 cm³/mol. The monoisotopic (exact) mass is 394 g/mol. The van der Waals surface area contributed by atoms with E-state index in [2.05, 4.69) is 16.0 Å². The molecule has 3 heterocycles. The van der Waals surface area contributed by atoms with E-state index in [9.17, 15) is 5.26 Å². The van der Waals surface area contributed by atoms with Gasteiger partial charge in [0.15, 0.2) is 11.7 Å². The number of pyridine rings is 2. The summed E-state index contributed by atoms with van der Waals surface area (Å²) in [5, 5.41) is 10.5. The molecule has 5 heteroatoms. The van der Waals surface area contributed by atoms with Crippen LogP contribution in [0.4, 0.5) is 0 Å². The van der Waals surface area contributed by atoms with Gasteiger partial charge in [0, 0.05) is 29.1 Å². The molecule has 148 valence electrons. The first-order valence-corrected chi connectivity index (χ1v) is 10.4. The third kappa shape index (κ3) is 3.46.